The monoisotopic (exact) mass is 404 g/mol. The number of aryl methyl sites for hydroxylation is 1. The Morgan fingerprint density at radius 2 is 1.86 bits per heavy atom. The number of aromatic hydroxyl groups is 2. The van der Waals surface area contributed by atoms with Gasteiger partial charge in [0, 0.05) is 32.5 Å². The quantitative estimate of drug-likeness (QED) is 0.484. The molecule has 2 aromatic rings. The molecule has 29 heavy (non-hydrogen) atoms. The van der Waals surface area contributed by atoms with Crippen LogP contribution in [0.4, 0.5) is 0 Å². The number of methoxy groups -OCH3 is 1. The van der Waals surface area contributed by atoms with Crippen molar-refractivity contribution in [3.63, 3.8) is 0 Å². The summed E-state index contributed by atoms with van der Waals surface area (Å²) in [7, 11) is 1.38. The van der Waals surface area contributed by atoms with E-state index in [0.717, 1.165) is 6.07 Å². The van der Waals surface area contributed by atoms with Crippen LogP contribution in [0.15, 0.2) is 33.5 Å². The maximum Gasteiger partial charge on any atom is 0.227 e. The molecule has 4 N–H and O–H groups in total. The van der Waals surface area contributed by atoms with Gasteiger partial charge < -0.3 is 30.0 Å². The molecular weight excluding hydrogens is 380 g/mol. The van der Waals surface area contributed by atoms with E-state index in [-0.39, 0.29) is 54.3 Å². The van der Waals surface area contributed by atoms with Crippen LogP contribution in [0.2, 0.25) is 0 Å². The van der Waals surface area contributed by atoms with Gasteiger partial charge in [-0.1, -0.05) is 6.07 Å². The van der Waals surface area contributed by atoms with E-state index in [1.54, 1.807) is 13.0 Å². The number of benzene rings is 1. The van der Waals surface area contributed by atoms with Crippen molar-refractivity contribution in [2.45, 2.75) is 26.2 Å². The number of phenolic OH excluding ortho intramolecular Hbond substituents is 1. The van der Waals surface area contributed by atoms with Crippen LogP contribution in [-0.2, 0) is 9.59 Å². The highest BCUT2D eigenvalue weighted by Crippen LogP contribution is 2.37. The molecule has 0 aliphatic carbocycles. The van der Waals surface area contributed by atoms with E-state index in [0.29, 0.717) is 5.56 Å². The molecule has 0 aliphatic rings. The summed E-state index contributed by atoms with van der Waals surface area (Å²) in [4.78, 5) is 35.4. The lowest BCUT2D eigenvalue weighted by molar-refractivity contribution is -0.122. The highest BCUT2D eigenvalue weighted by Gasteiger charge is 2.26. The average Bonchev–Trinajstić information content (AvgIpc) is 2.66. The summed E-state index contributed by atoms with van der Waals surface area (Å²) >= 11 is 0. The Morgan fingerprint density at radius 1 is 1.17 bits per heavy atom. The lowest BCUT2D eigenvalue weighted by Crippen LogP contribution is -2.34. The van der Waals surface area contributed by atoms with Crippen LogP contribution in [0.1, 0.15) is 36.3 Å². The summed E-state index contributed by atoms with van der Waals surface area (Å²) < 4.78 is 10.7. The fourth-order valence-electron chi connectivity index (χ4n) is 2.83. The minimum absolute atomic E-state index is 0.0558. The molecule has 0 aliphatic heterocycles. The molecule has 0 bridgehead atoms. The molecular formula is C20H24N2O7. The number of hydrogen-bond donors (Lipinski definition) is 4. The molecule has 9 heteroatoms. The normalized spacial score (nSPS) is 11.6. The first kappa shape index (κ1) is 21.8. The third-order valence-corrected chi connectivity index (χ3v) is 4.21. The van der Waals surface area contributed by atoms with Crippen molar-refractivity contribution < 1.29 is 29.0 Å². The smallest absolute Gasteiger partial charge is 0.227 e. The van der Waals surface area contributed by atoms with Gasteiger partial charge in [0.05, 0.1) is 13.0 Å². The molecule has 1 aromatic carbocycles. The Hall–Kier alpha value is -3.49. The number of amides is 2. The minimum atomic E-state index is -0.808. The van der Waals surface area contributed by atoms with E-state index in [4.69, 9.17) is 9.15 Å². The second-order valence-electron chi connectivity index (χ2n) is 6.46. The van der Waals surface area contributed by atoms with E-state index in [9.17, 15) is 24.6 Å². The van der Waals surface area contributed by atoms with Gasteiger partial charge in [-0.15, -0.1) is 0 Å². The van der Waals surface area contributed by atoms with Crippen LogP contribution >= 0.6 is 0 Å². The summed E-state index contributed by atoms with van der Waals surface area (Å²) in [5, 5.41) is 25.3. The molecule has 0 unspecified atom stereocenters. The zero-order valence-corrected chi connectivity index (χ0v) is 16.4. The summed E-state index contributed by atoms with van der Waals surface area (Å²) in [5.41, 5.74) is -0.119. The van der Waals surface area contributed by atoms with Crippen LogP contribution in [0.5, 0.6) is 17.2 Å². The maximum atomic E-state index is 12.4. The van der Waals surface area contributed by atoms with Gasteiger partial charge in [-0.05, 0) is 24.6 Å². The third-order valence-electron chi connectivity index (χ3n) is 4.21. The van der Waals surface area contributed by atoms with Crippen LogP contribution in [-0.4, -0.2) is 42.2 Å². The molecule has 0 radical (unpaired) electrons. The molecule has 2 amide bonds. The molecule has 1 aromatic heterocycles. The van der Waals surface area contributed by atoms with E-state index in [1.165, 1.54) is 26.2 Å². The number of carbonyl (C=O) groups excluding carboxylic acids is 2. The Balaban J connectivity index is 2.35. The predicted octanol–water partition coefficient (Wildman–Crippen LogP) is 1.14. The highest BCUT2D eigenvalue weighted by atomic mass is 16.5. The van der Waals surface area contributed by atoms with Crippen molar-refractivity contribution in [3.05, 3.63) is 51.6 Å². The van der Waals surface area contributed by atoms with E-state index in [2.05, 4.69) is 10.6 Å². The Kier molecular flexibility index (Phi) is 7.24. The molecule has 0 fully saturated rings. The van der Waals surface area contributed by atoms with E-state index >= 15 is 0 Å². The topological polar surface area (TPSA) is 138 Å². The number of ether oxygens (including phenoxy) is 1. The van der Waals surface area contributed by atoms with Gasteiger partial charge in [-0.2, -0.15) is 0 Å². The van der Waals surface area contributed by atoms with Gasteiger partial charge in [0.1, 0.15) is 5.76 Å². The SMILES string of the molecule is COc1cc([C@H](CC(=O)NCCNC(C)=O)c2oc(C)cc(=O)c2O)ccc1O. The van der Waals surface area contributed by atoms with Crippen LogP contribution in [0.25, 0.3) is 0 Å². The number of hydrogen-bond acceptors (Lipinski definition) is 7. The Bertz CT molecular complexity index is 952. The minimum Gasteiger partial charge on any atom is -0.504 e. The molecule has 1 heterocycles. The molecule has 0 saturated carbocycles. The van der Waals surface area contributed by atoms with Gasteiger partial charge in [0.2, 0.25) is 23.0 Å². The third kappa shape index (κ3) is 5.74. The van der Waals surface area contributed by atoms with Crippen molar-refractivity contribution >= 4 is 11.8 Å². The second-order valence-corrected chi connectivity index (χ2v) is 6.46. The molecule has 1 atom stereocenters. The van der Waals surface area contributed by atoms with Gasteiger partial charge in [0.15, 0.2) is 17.3 Å². The standard InChI is InChI=1S/C20H24N2O7/c1-11-8-16(25)19(27)20(29-11)14(10-18(26)22-7-6-21-12(2)23)13-4-5-15(24)17(9-13)28-3/h4-5,8-9,14,24,27H,6-7,10H2,1-3H3,(H,21,23)(H,22,26)/t14-/m0/s1. The van der Waals surface area contributed by atoms with Crippen LogP contribution in [0, 0.1) is 6.92 Å². The number of rotatable bonds is 8. The Labute approximate surface area is 167 Å². The van der Waals surface area contributed by atoms with Gasteiger partial charge in [-0.25, -0.2) is 0 Å². The lowest BCUT2D eigenvalue weighted by atomic mass is 9.91. The first-order valence-electron chi connectivity index (χ1n) is 8.94. The fraction of sp³-hybridized carbons (Fsp3) is 0.350. The molecule has 9 nitrogen and oxygen atoms in total. The molecule has 0 saturated heterocycles. The number of carbonyl (C=O) groups is 2. The zero-order valence-electron chi connectivity index (χ0n) is 16.4. The van der Waals surface area contributed by atoms with E-state index in [1.807, 2.05) is 0 Å². The maximum absolute atomic E-state index is 12.4. The van der Waals surface area contributed by atoms with Crippen molar-refractivity contribution in [3.8, 4) is 17.2 Å². The zero-order chi connectivity index (χ0) is 21.6. The summed E-state index contributed by atoms with van der Waals surface area (Å²) in [6, 6.07) is 5.60. The van der Waals surface area contributed by atoms with Crippen LogP contribution in [0.3, 0.4) is 0 Å². The van der Waals surface area contributed by atoms with E-state index < -0.39 is 17.1 Å². The molecule has 156 valence electrons. The summed E-state index contributed by atoms with van der Waals surface area (Å²) in [6.45, 7) is 3.42. The van der Waals surface area contributed by atoms with Crippen LogP contribution < -0.4 is 20.8 Å². The molecule has 0 spiro atoms. The number of phenols is 1. The van der Waals surface area contributed by atoms with Crippen molar-refractivity contribution in [1.29, 1.82) is 0 Å². The molecule has 2 rings (SSSR count). The van der Waals surface area contributed by atoms with Crippen molar-refractivity contribution in [2.24, 2.45) is 0 Å². The van der Waals surface area contributed by atoms with Gasteiger partial charge in [-0.3, -0.25) is 14.4 Å². The van der Waals surface area contributed by atoms with Gasteiger partial charge in [0.25, 0.3) is 0 Å². The average molecular weight is 404 g/mol. The summed E-state index contributed by atoms with van der Waals surface area (Å²) in [5.74, 6) is -1.67. The summed E-state index contributed by atoms with van der Waals surface area (Å²) in [6.07, 6.45) is -0.145. The Morgan fingerprint density at radius 3 is 2.52 bits per heavy atom. The first-order valence-corrected chi connectivity index (χ1v) is 8.94. The van der Waals surface area contributed by atoms with Gasteiger partial charge >= 0.3 is 0 Å². The van der Waals surface area contributed by atoms with Crippen molar-refractivity contribution in [1.82, 2.24) is 10.6 Å². The first-order chi connectivity index (χ1) is 13.7. The van der Waals surface area contributed by atoms with Crippen molar-refractivity contribution in [2.75, 3.05) is 20.2 Å². The second kappa shape index (κ2) is 9.63. The highest BCUT2D eigenvalue weighted by molar-refractivity contribution is 5.78. The largest absolute Gasteiger partial charge is 0.504 e. The fourth-order valence-corrected chi connectivity index (χ4v) is 2.83. The number of nitrogens with one attached hydrogen (secondary N) is 2. The lowest BCUT2D eigenvalue weighted by Gasteiger charge is -2.19. The predicted molar refractivity (Wildman–Crippen MR) is 104 cm³/mol.